The Morgan fingerprint density at radius 3 is 2.41 bits per heavy atom. The first-order chi connectivity index (χ1) is 10.6. The van der Waals surface area contributed by atoms with Gasteiger partial charge in [-0.15, -0.1) is 0 Å². The molecule has 116 valence electrons. The summed E-state index contributed by atoms with van der Waals surface area (Å²) in [6.07, 6.45) is 4.50. The average Bonchev–Trinajstić information content (AvgIpc) is 2.50. The van der Waals surface area contributed by atoms with Crippen molar-refractivity contribution in [3.8, 4) is 0 Å². The van der Waals surface area contributed by atoms with Crippen LogP contribution < -0.4 is 5.32 Å². The number of aryl methyl sites for hydroxylation is 2. The Morgan fingerprint density at radius 1 is 1.14 bits per heavy atom. The van der Waals surface area contributed by atoms with Crippen molar-refractivity contribution in [2.45, 2.75) is 20.3 Å². The highest BCUT2D eigenvalue weighted by Gasteiger charge is 2.10. The molecule has 1 aromatic carbocycles. The monoisotopic (exact) mass is 297 g/mol. The van der Waals surface area contributed by atoms with Gasteiger partial charge in [-0.05, 0) is 56.1 Å². The molecule has 0 fully saturated rings. The molecule has 2 aromatic rings. The van der Waals surface area contributed by atoms with E-state index in [2.05, 4.69) is 10.3 Å². The SMILES string of the molecule is Cc1cccc(C)c1NC(=O)CN(C)CCc1ccncc1. The van der Waals surface area contributed by atoms with Crippen LogP contribution in [0.4, 0.5) is 5.69 Å². The number of pyridine rings is 1. The molecule has 1 aromatic heterocycles. The van der Waals surface area contributed by atoms with E-state index in [-0.39, 0.29) is 5.91 Å². The summed E-state index contributed by atoms with van der Waals surface area (Å²) in [6.45, 7) is 5.24. The van der Waals surface area contributed by atoms with Crippen LogP contribution in [0, 0.1) is 13.8 Å². The van der Waals surface area contributed by atoms with Crippen LogP contribution in [0.2, 0.25) is 0 Å². The average molecular weight is 297 g/mol. The van der Waals surface area contributed by atoms with Crippen LogP contribution in [-0.2, 0) is 11.2 Å². The van der Waals surface area contributed by atoms with Gasteiger partial charge in [0.2, 0.25) is 5.91 Å². The number of carbonyl (C=O) groups excluding carboxylic acids is 1. The molecule has 0 aliphatic carbocycles. The fourth-order valence-corrected chi connectivity index (χ4v) is 2.38. The fraction of sp³-hybridized carbons (Fsp3) is 0.333. The molecule has 1 heterocycles. The maximum absolute atomic E-state index is 12.2. The Hall–Kier alpha value is -2.20. The molecule has 0 atom stereocenters. The molecule has 0 radical (unpaired) electrons. The molecule has 0 unspecified atom stereocenters. The standard InChI is InChI=1S/C18H23N3O/c1-14-5-4-6-15(2)18(14)20-17(22)13-21(3)12-9-16-7-10-19-11-8-16/h4-8,10-11H,9,12-13H2,1-3H3,(H,20,22). The summed E-state index contributed by atoms with van der Waals surface area (Å²) in [4.78, 5) is 18.2. The zero-order valence-corrected chi connectivity index (χ0v) is 13.5. The van der Waals surface area contributed by atoms with Crippen molar-refractivity contribution in [3.05, 3.63) is 59.4 Å². The van der Waals surface area contributed by atoms with Crippen LogP contribution in [0.3, 0.4) is 0 Å². The minimum absolute atomic E-state index is 0.0228. The second-order valence-corrected chi connectivity index (χ2v) is 5.66. The number of likely N-dealkylation sites (N-methyl/N-ethyl adjacent to an activating group) is 1. The minimum Gasteiger partial charge on any atom is -0.324 e. The molecule has 0 bridgehead atoms. The van der Waals surface area contributed by atoms with Crippen molar-refractivity contribution in [1.29, 1.82) is 0 Å². The van der Waals surface area contributed by atoms with Crippen molar-refractivity contribution in [2.75, 3.05) is 25.5 Å². The number of nitrogens with one attached hydrogen (secondary N) is 1. The second kappa shape index (κ2) is 7.71. The Kier molecular flexibility index (Phi) is 5.67. The largest absolute Gasteiger partial charge is 0.324 e. The van der Waals surface area contributed by atoms with E-state index >= 15 is 0 Å². The molecule has 22 heavy (non-hydrogen) atoms. The third kappa shape index (κ3) is 4.67. The van der Waals surface area contributed by atoms with Crippen molar-refractivity contribution in [1.82, 2.24) is 9.88 Å². The molecule has 0 aliphatic heterocycles. The lowest BCUT2D eigenvalue weighted by molar-refractivity contribution is -0.117. The van der Waals surface area contributed by atoms with Crippen LogP contribution in [0.1, 0.15) is 16.7 Å². The van der Waals surface area contributed by atoms with Crippen molar-refractivity contribution < 1.29 is 4.79 Å². The van der Waals surface area contributed by atoms with E-state index < -0.39 is 0 Å². The number of hydrogen-bond acceptors (Lipinski definition) is 3. The van der Waals surface area contributed by atoms with E-state index in [0.717, 1.165) is 29.8 Å². The summed E-state index contributed by atoms with van der Waals surface area (Å²) in [6, 6.07) is 10.0. The number of aromatic nitrogens is 1. The molecule has 0 saturated carbocycles. The lowest BCUT2D eigenvalue weighted by Crippen LogP contribution is -2.32. The molecular formula is C18H23N3O. The fourth-order valence-electron chi connectivity index (χ4n) is 2.38. The van der Waals surface area contributed by atoms with E-state index in [0.29, 0.717) is 6.54 Å². The zero-order valence-electron chi connectivity index (χ0n) is 13.5. The van der Waals surface area contributed by atoms with Gasteiger partial charge in [-0.1, -0.05) is 18.2 Å². The second-order valence-electron chi connectivity index (χ2n) is 5.66. The van der Waals surface area contributed by atoms with Gasteiger partial charge in [0.1, 0.15) is 0 Å². The van der Waals surface area contributed by atoms with Gasteiger partial charge in [-0.25, -0.2) is 0 Å². The lowest BCUT2D eigenvalue weighted by atomic mass is 10.1. The summed E-state index contributed by atoms with van der Waals surface area (Å²) < 4.78 is 0. The number of anilines is 1. The van der Waals surface area contributed by atoms with Crippen LogP contribution in [0.5, 0.6) is 0 Å². The molecule has 2 rings (SSSR count). The van der Waals surface area contributed by atoms with Gasteiger partial charge in [-0.2, -0.15) is 0 Å². The Balaban J connectivity index is 1.84. The summed E-state index contributed by atoms with van der Waals surface area (Å²) >= 11 is 0. The first-order valence-corrected chi connectivity index (χ1v) is 7.50. The Labute approximate surface area is 132 Å². The van der Waals surface area contributed by atoms with Crippen LogP contribution in [0.25, 0.3) is 0 Å². The van der Waals surface area contributed by atoms with E-state index in [9.17, 15) is 4.79 Å². The van der Waals surface area contributed by atoms with Crippen LogP contribution >= 0.6 is 0 Å². The van der Waals surface area contributed by atoms with Gasteiger partial charge < -0.3 is 5.32 Å². The number of para-hydroxylation sites is 1. The van der Waals surface area contributed by atoms with Crippen molar-refractivity contribution in [2.24, 2.45) is 0 Å². The smallest absolute Gasteiger partial charge is 0.238 e. The third-order valence-corrected chi connectivity index (χ3v) is 3.69. The van der Waals surface area contributed by atoms with Crippen molar-refractivity contribution >= 4 is 11.6 Å². The van der Waals surface area contributed by atoms with E-state index in [4.69, 9.17) is 0 Å². The molecule has 0 aliphatic rings. The quantitative estimate of drug-likeness (QED) is 0.892. The predicted octanol–water partition coefficient (Wildman–Crippen LogP) is 2.81. The van der Waals surface area contributed by atoms with Crippen LogP contribution in [-0.4, -0.2) is 35.9 Å². The normalized spacial score (nSPS) is 10.7. The maximum Gasteiger partial charge on any atom is 0.238 e. The number of carbonyl (C=O) groups is 1. The highest BCUT2D eigenvalue weighted by molar-refractivity contribution is 5.93. The lowest BCUT2D eigenvalue weighted by Gasteiger charge is -2.17. The zero-order chi connectivity index (χ0) is 15.9. The van der Waals surface area contributed by atoms with Gasteiger partial charge in [0.15, 0.2) is 0 Å². The van der Waals surface area contributed by atoms with E-state index in [1.807, 2.05) is 56.1 Å². The first-order valence-electron chi connectivity index (χ1n) is 7.50. The molecule has 4 heteroatoms. The molecule has 1 amide bonds. The van der Waals surface area contributed by atoms with Gasteiger partial charge >= 0.3 is 0 Å². The minimum atomic E-state index is 0.0228. The molecule has 0 saturated heterocycles. The third-order valence-electron chi connectivity index (χ3n) is 3.69. The van der Waals surface area contributed by atoms with Crippen LogP contribution in [0.15, 0.2) is 42.7 Å². The van der Waals surface area contributed by atoms with E-state index in [1.165, 1.54) is 5.56 Å². The van der Waals surface area contributed by atoms with Gasteiger partial charge in [-0.3, -0.25) is 14.7 Å². The summed E-state index contributed by atoms with van der Waals surface area (Å²) in [5.74, 6) is 0.0228. The highest BCUT2D eigenvalue weighted by Crippen LogP contribution is 2.19. The summed E-state index contributed by atoms with van der Waals surface area (Å²) in [7, 11) is 1.96. The Bertz CT molecular complexity index is 605. The number of nitrogens with zero attached hydrogens (tertiary/aromatic N) is 2. The molecule has 0 spiro atoms. The molecule has 1 N–H and O–H groups in total. The maximum atomic E-state index is 12.2. The first kappa shape index (κ1) is 16.2. The topological polar surface area (TPSA) is 45.2 Å². The highest BCUT2D eigenvalue weighted by atomic mass is 16.2. The summed E-state index contributed by atoms with van der Waals surface area (Å²) in [5.41, 5.74) is 4.34. The number of rotatable bonds is 6. The predicted molar refractivity (Wildman–Crippen MR) is 90.0 cm³/mol. The van der Waals surface area contributed by atoms with Gasteiger partial charge in [0, 0.05) is 24.6 Å². The molecule has 4 nitrogen and oxygen atoms in total. The number of hydrogen-bond donors (Lipinski definition) is 1. The summed E-state index contributed by atoms with van der Waals surface area (Å²) in [5, 5.41) is 3.02. The van der Waals surface area contributed by atoms with Gasteiger partial charge in [0.25, 0.3) is 0 Å². The van der Waals surface area contributed by atoms with Crippen molar-refractivity contribution in [3.63, 3.8) is 0 Å². The molecular weight excluding hydrogens is 274 g/mol. The van der Waals surface area contributed by atoms with Gasteiger partial charge in [0.05, 0.1) is 6.54 Å². The number of benzene rings is 1. The van der Waals surface area contributed by atoms with E-state index in [1.54, 1.807) is 12.4 Å². The number of amides is 1. The Morgan fingerprint density at radius 2 is 1.77 bits per heavy atom.